The molecule has 2 N–H and O–H groups in total. The summed E-state index contributed by atoms with van der Waals surface area (Å²) in [5, 5.41) is 0. The Morgan fingerprint density at radius 2 is 2.00 bits per heavy atom. The van der Waals surface area contributed by atoms with Crippen LogP contribution in [-0.4, -0.2) is 19.1 Å². The van der Waals surface area contributed by atoms with Gasteiger partial charge in [0.1, 0.15) is 5.75 Å². The number of carbonyl (C=O) groups is 1. The van der Waals surface area contributed by atoms with Crippen LogP contribution in [0.3, 0.4) is 0 Å². The molecule has 1 aliphatic heterocycles. The van der Waals surface area contributed by atoms with E-state index in [1.807, 2.05) is 49.4 Å². The van der Waals surface area contributed by atoms with E-state index < -0.39 is 0 Å². The topological polar surface area (TPSA) is 55.6 Å². The maximum absolute atomic E-state index is 12.9. The van der Waals surface area contributed by atoms with Crippen LogP contribution in [0.1, 0.15) is 22.3 Å². The Balaban J connectivity index is 2.03. The van der Waals surface area contributed by atoms with Gasteiger partial charge in [-0.05, 0) is 43.2 Å². The molecular weight excluding hydrogens is 264 g/mol. The van der Waals surface area contributed by atoms with Crippen molar-refractivity contribution in [2.45, 2.75) is 13.3 Å². The van der Waals surface area contributed by atoms with E-state index in [9.17, 15) is 4.79 Å². The maximum atomic E-state index is 12.9. The van der Waals surface area contributed by atoms with Crippen LogP contribution in [0.15, 0.2) is 42.5 Å². The van der Waals surface area contributed by atoms with E-state index in [4.69, 9.17) is 10.5 Å². The van der Waals surface area contributed by atoms with Gasteiger partial charge in [-0.15, -0.1) is 0 Å². The monoisotopic (exact) mass is 282 g/mol. The smallest absolute Gasteiger partial charge is 0.258 e. The summed E-state index contributed by atoms with van der Waals surface area (Å²) in [7, 11) is 0. The zero-order valence-corrected chi connectivity index (χ0v) is 12.0. The fourth-order valence-electron chi connectivity index (χ4n) is 2.57. The second-order valence-corrected chi connectivity index (χ2v) is 5.15. The average molecular weight is 282 g/mol. The quantitative estimate of drug-likeness (QED) is 0.818. The lowest BCUT2D eigenvalue weighted by Crippen LogP contribution is -2.32. The standard InChI is InChI=1S/C17H18N2O2/c1-12-13(6-4-7-14(12)18)17(20)19-10-5-11-21-16-9-3-2-8-15(16)19/h2-4,6-9H,5,10-11,18H2,1H3. The first-order chi connectivity index (χ1) is 10.2. The van der Waals surface area contributed by atoms with Crippen LogP contribution >= 0.6 is 0 Å². The molecular formula is C17H18N2O2. The number of carbonyl (C=O) groups excluding carboxylic acids is 1. The summed E-state index contributed by atoms with van der Waals surface area (Å²) in [4.78, 5) is 14.7. The van der Waals surface area contributed by atoms with Gasteiger partial charge in [0.25, 0.3) is 5.91 Å². The van der Waals surface area contributed by atoms with Gasteiger partial charge in [0.2, 0.25) is 0 Å². The predicted octanol–water partition coefficient (Wildman–Crippen LogP) is 3.01. The van der Waals surface area contributed by atoms with Crippen LogP contribution in [0.2, 0.25) is 0 Å². The van der Waals surface area contributed by atoms with Gasteiger partial charge in [-0.25, -0.2) is 0 Å². The fraction of sp³-hybridized carbons (Fsp3) is 0.235. The Kier molecular flexibility index (Phi) is 3.52. The highest BCUT2D eigenvalue weighted by atomic mass is 16.5. The zero-order valence-electron chi connectivity index (χ0n) is 12.0. The van der Waals surface area contributed by atoms with Crippen molar-refractivity contribution >= 4 is 17.3 Å². The van der Waals surface area contributed by atoms with Crippen LogP contribution in [-0.2, 0) is 0 Å². The van der Waals surface area contributed by atoms with Gasteiger partial charge >= 0.3 is 0 Å². The molecule has 0 aromatic heterocycles. The van der Waals surface area contributed by atoms with Gasteiger partial charge in [0.15, 0.2) is 0 Å². The second-order valence-electron chi connectivity index (χ2n) is 5.15. The van der Waals surface area contributed by atoms with Crippen LogP contribution in [0, 0.1) is 6.92 Å². The number of hydrogen-bond donors (Lipinski definition) is 1. The number of benzene rings is 2. The number of nitrogen functional groups attached to an aromatic ring is 1. The van der Waals surface area contributed by atoms with E-state index in [1.54, 1.807) is 4.90 Å². The number of nitrogens with two attached hydrogens (primary N) is 1. The Labute approximate surface area is 124 Å². The molecule has 0 radical (unpaired) electrons. The predicted molar refractivity (Wildman–Crippen MR) is 83.8 cm³/mol. The van der Waals surface area contributed by atoms with Gasteiger partial charge in [-0.2, -0.15) is 0 Å². The Morgan fingerprint density at radius 3 is 2.86 bits per heavy atom. The lowest BCUT2D eigenvalue weighted by Gasteiger charge is -2.23. The molecule has 0 spiro atoms. The minimum Gasteiger partial charge on any atom is -0.491 e. The van der Waals surface area contributed by atoms with Crippen molar-refractivity contribution in [2.75, 3.05) is 23.8 Å². The molecule has 0 aliphatic carbocycles. The fourth-order valence-corrected chi connectivity index (χ4v) is 2.57. The lowest BCUT2D eigenvalue weighted by molar-refractivity contribution is 0.0986. The third kappa shape index (κ3) is 2.44. The molecule has 0 atom stereocenters. The van der Waals surface area contributed by atoms with Crippen molar-refractivity contribution in [1.29, 1.82) is 0 Å². The van der Waals surface area contributed by atoms with E-state index in [-0.39, 0.29) is 5.91 Å². The molecule has 1 aliphatic rings. The number of amides is 1. The molecule has 2 aromatic carbocycles. The van der Waals surface area contributed by atoms with Gasteiger partial charge in [-0.3, -0.25) is 4.79 Å². The molecule has 0 saturated carbocycles. The highest BCUT2D eigenvalue weighted by Gasteiger charge is 2.24. The third-order valence-corrected chi connectivity index (χ3v) is 3.79. The van der Waals surface area contributed by atoms with E-state index in [0.29, 0.717) is 24.4 Å². The number of nitrogens with zero attached hydrogens (tertiary/aromatic N) is 1. The van der Waals surface area contributed by atoms with Crippen LogP contribution in [0.25, 0.3) is 0 Å². The average Bonchev–Trinajstić information content (AvgIpc) is 2.72. The van der Waals surface area contributed by atoms with Crippen molar-refractivity contribution in [3.05, 3.63) is 53.6 Å². The van der Waals surface area contributed by atoms with E-state index >= 15 is 0 Å². The first-order valence-electron chi connectivity index (χ1n) is 7.07. The molecule has 1 amide bonds. The number of anilines is 2. The molecule has 4 nitrogen and oxygen atoms in total. The molecule has 4 heteroatoms. The molecule has 21 heavy (non-hydrogen) atoms. The Morgan fingerprint density at radius 1 is 1.19 bits per heavy atom. The van der Waals surface area contributed by atoms with Crippen molar-refractivity contribution < 1.29 is 9.53 Å². The minimum absolute atomic E-state index is 0.0299. The number of fused-ring (bicyclic) bond motifs is 1. The lowest BCUT2D eigenvalue weighted by atomic mass is 10.1. The summed E-state index contributed by atoms with van der Waals surface area (Å²) in [6.07, 6.45) is 0.807. The van der Waals surface area contributed by atoms with Crippen LogP contribution in [0.5, 0.6) is 5.75 Å². The number of hydrogen-bond acceptors (Lipinski definition) is 3. The Bertz CT molecular complexity index is 682. The van der Waals surface area contributed by atoms with Crippen LogP contribution in [0.4, 0.5) is 11.4 Å². The summed E-state index contributed by atoms with van der Waals surface area (Å²) < 4.78 is 5.70. The van der Waals surface area contributed by atoms with Crippen molar-refractivity contribution in [3.63, 3.8) is 0 Å². The highest BCUT2D eigenvalue weighted by Crippen LogP contribution is 2.32. The summed E-state index contributed by atoms with van der Waals surface area (Å²) in [5.41, 5.74) is 8.85. The summed E-state index contributed by atoms with van der Waals surface area (Å²) in [6, 6.07) is 13.1. The number of para-hydroxylation sites is 2. The van der Waals surface area contributed by atoms with E-state index in [1.165, 1.54) is 0 Å². The first-order valence-corrected chi connectivity index (χ1v) is 7.07. The van der Waals surface area contributed by atoms with E-state index in [2.05, 4.69) is 0 Å². The molecule has 1 heterocycles. The van der Waals surface area contributed by atoms with Crippen LogP contribution < -0.4 is 15.4 Å². The zero-order chi connectivity index (χ0) is 14.8. The van der Waals surface area contributed by atoms with Crippen molar-refractivity contribution in [3.8, 4) is 5.75 Å². The second kappa shape index (κ2) is 5.48. The van der Waals surface area contributed by atoms with Gasteiger partial charge in [0.05, 0.1) is 12.3 Å². The molecule has 0 bridgehead atoms. The molecule has 2 aromatic rings. The molecule has 0 unspecified atom stereocenters. The molecule has 3 rings (SSSR count). The molecule has 108 valence electrons. The molecule has 0 fully saturated rings. The third-order valence-electron chi connectivity index (χ3n) is 3.79. The maximum Gasteiger partial charge on any atom is 0.258 e. The normalized spacial score (nSPS) is 14.0. The van der Waals surface area contributed by atoms with Gasteiger partial charge in [0, 0.05) is 17.8 Å². The summed E-state index contributed by atoms with van der Waals surface area (Å²) in [5.74, 6) is 0.725. The highest BCUT2D eigenvalue weighted by molar-refractivity contribution is 6.08. The summed E-state index contributed by atoms with van der Waals surface area (Å²) in [6.45, 7) is 3.14. The first kappa shape index (κ1) is 13.5. The SMILES string of the molecule is Cc1c(N)cccc1C(=O)N1CCCOc2ccccc21. The van der Waals surface area contributed by atoms with E-state index in [0.717, 1.165) is 23.4 Å². The van der Waals surface area contributed by atoms with Gasteiger partial charge < -0.3 is 15.4 Å². The van der Waals surface area contributed by atoms with Gasteiger partial charge in [-0.1, -0.05) is 18.2 Å². The number of ether oxygens (including phenoxy) is 1. The summed E-state index contributed by atoms with van der Waals surface area (Å²) >= 11 is 0. The largest absolute Gasteiger partial charge is 0.491 e. The van der Waals surface area contributed by atoms with Crippen molar-refractivity contribution in [2.24, 2.45) is 0 Å². The minimum atomic E-state index is -0.0299. The van der Waals surface area contributed by atoms with Crippen molar-refractivity contribution in [1.82, 2.24) is 0 Å². The number of rotatable bonds is 1. The Hall–Kier alpha value is -2.49. The molecule has 0 saturated heterocycles.